The molecule has 0 saturated carbocycles. The molecule has 3 amide bonds. The lowest BCUT2D eigenvalue weighted by Gasteiger charge is -2.37. The second-order valence-electron chi connectivity index (χ2n) is 8.04. The Balaban J connectivity index is 1.59. The quantitative estimate of drug-likeness (QED) is 0.694. The molecule has 8 nitrogen and oxygen atoms in total. The number of hydrogen-bond donors (Lipinski definition) is 3. The molecule has 1 aromatic heterocycles. The summed E-state index contributed by atoms with van der Waals surface area (Å²) in [6.07, 6.45) is 1.39. The molecule has 0 bridgehead atoms. The largest absolute Gasteiger partial charge is 0.469 e. The number of hydrogen-bond acceptors (Lipinski definition) is 5. The first-order valence-corrected chi connectivity index (χ1v) is 9.78. The summed E-state index contributed by atoms with van der Waals surface area (Å²) in [5.74, 6) is -0.671. The van der Waals surface area contributed by atoms with Crippen LogP contribution in [0.25, 0.3) is 0 Å². The summed E-state index contributed by atoms with van der Waals surface area (Å²) in [7, 11) is 0. The Hall–Kier alpha value is -2.91. The van der Waals surface area contributed by atoms with Crippen molar-refractivity contribution in [2.75, 3.05) is 43.4 Å². The monoisotopic (exact) mass is 418 g/mol. The van der Waals surface area contributed by atoms with Crippen LogP contribution in [0.3, 0.4) is 0 Å². The Morgan fingerprint density at radius 3 is 2.47 bits per heavy atom. The van der Waals surface area contributed by atoms with Gasteiger partial charge in [-0.3, -0.25) is 9.69 Å². The second-order valence-corrected chi connectivity index (χ2v) is 8.04. The number of halogens is 1. The van der Waals surface area contributed by atoms with E-state index in [-0.39, 0.29) is 11.7 Å². The zero-order valence-corrected chi connectivity index (χ0v) is 17.4. The van der Waals surface area contributed by atoms with Crippen LogP contribution in [0.15, 0.2) is 34.9 Å². The topological polar surface area (TPSA) is 98.0 Å². The molecule has 2 aromatic rings. The molecule has 9 heteroatoms. The molecule has 1 aliphatic rings. The highest BCUT2D eigenvalue weighted by Crippen LogP contribution is 2.22. The molecular weight excluding hydrogens is 391 g/mol. The molecule has 1 saturated heterocycles. The van der Waals surface area contributed by atoms with Crippen LogP contribution in [-0.2, 0) is 0 Å². The van der Waals surface area contributed by atoms with Crippen LogP contribution in [0.1, 0.15) is 30.0 Å². The van der Waals surface area contributed by atoms with E-state index in [0.29, 0.717) is 49.7 Å². The number of amides is 3. The summed E-state index contributed by atoms with van der Waals surface area (Å²) in [6, 6.07) is 5.22. The van der Waals surface area contributed by atoms with Crippen LogP contribution in [0, 0.1) is 12.7 Å². The van der Waals surface area contributed by atoms with Gasteiger partial charge < -0.3 is 25.1 Å². The lowest BCUT2D eigenvalue weighted by Crippen LogP contribution is -2.52. The van der Waals surface area contributed by atoms with E-state index in [4.69, 9.17) is 4.42 Å². The highest BCUT2D eigenvalue weighted by atomic mass is 19.1. The summed E-state index contributed by atoms with van der Waals surface area (Å²) >= 11 is 0. The lowest BCUT2D eigenvalue weighted by molar-refractivity contribution is 0.0231. The molecule has 2 heterocycles. The van der Waals surface area contributed by atoms with Gasteiger partial charge >= 0.3 is 6.03 Å². The van der Waals surface area contributed by atoms with E-state index in [9.17, 15) is 19.1 Å². The van der Waals surface area contributed by atoms with E-state index in [1.54, 1.807) is 25.7 Å². The number of aliphatic hydroxyl groups is 1. The third-order valence-electron chi connectivity index (χ3n) is 4.84. The van der Waals surface area contributed by atoms with Crippen LogP contribution in [-0.4, -0.2) is 65.2 Å². The van der Waals surface area contributed by atoms with Gasteiger partial charge in [-0.05, 0) is 45.0 Å². The van der Waals surface area contributed by atoms with Gasteiger partial charge in [0, 0.05) is 38.4 Å². The van der Waals surface area contributed by atoms with Crippen molar-refractivity contribution in [2.45, 2.75) is 26.4 Å². The van der Waals surface area contributed by atoms with E-state index in [1.165, 1.54) is 30.5 Å². The van der Waals surface area contributed by atoms with Crippen molar-refractivity contribution < 1.29 is 23.5 Å². The number of β-amino-alcohol motifs (C(OH)–C–C–N with tert-alkyl or cyclic N) is 1. The predicted octanol–water partition coefficient (Wildman–Crippen LogP) is 2.90. The van der Waals surface area contributed by atoms with Crippen molar-refractivity contribution in [3.05, 3.63) is 47.7 Å². The maximum Gasteiger partial charge on any atom is 0.321 e. The van der Waals surface area contributed by atoms with Gasteiger partial charge in [-0.2, -0.15) is 0 Å². The van der Waals surface area contributed by atoms with Crippen molar-refractivity contribution in [3.63, 3.8) is 0 Å². The standard InChI is InChI=1S/C21H27FN4O4/c1-14-16(6-11-30-14)19(27)24-18-12-15(4-5-17(18)22)23-20(28)26-9-7-25(8-10-26)13-21(2,3)29/h4-6,11-12,29H,7-10,13H2,1-3H3,(H,23,28)(H,24,27). The Kier molecular flexibility index (Phi) is 6.42. The highest BCUT2D eigenvalue weighted by molar-refractivity contribution is 6.05. The fourth-order valence-corrected chi connectivity index (χ4v) is 3.37. The SMILES string of the molecule is Cc1occc1C(=O)Nc1cc(NC(=O)N2CCN(CC(C)(C)O)CC2)ccc1F. The van der Waals surface area contributed by atoms with E-state index in [0.717, 1.165) is 0 Å². The van der Waals surface area contributed by atoms with Gasteiger partial charge in [-0.1, -0.05) is 0 Å². The molecule has 30 heavy (non-hydrogen) atoms. The summed E-state index contributed by atoms with van der Waals surface area (Å²) in [6.45, 7) is 8.05. The molecule has 0 aliphatic carbocycles. The molecule has 1 fully saturated rings. The van der Waals surface area contributed by atoms with Gasteiger partial charge in [-0.25, -0.2) is 9.18 Å². The zero-order valence-electron chi connectivity index (χ0n) is 17.4. The molecule has 3 rings (SSSR count). The smallest absolute Gasteiger partial charge is 0.321 e. The zero-order chi connectivity index (χ0) is 21.9. The molecule has 3 N–H and O–H groups in total. The van der Waals surface area contributed by atoms with Crippen molar-refractivity contribution in [1.82, 2.24) is 9.80 Å². The molecule has 1 aromatic carbocycles. The number of benzene rings is 1. The van der Waals surface area contributed by atoms with Crippen LogP contribution in [0.2, 0.25) is 0 Å². The normalized spacial score (nSPS) is 15.2. The number of piperazine rings is 1. The summed E-state index contributed by atoms with van der Waals surface area (Å²) in [4.78, 5) is 28.6. The molecule has 162 valence electrons. The third-order valence-corrected chi connectivity index (χ3v) is 4.84. The van der Waals surface area contributed by atoms with E-state index < -0.39 is 17.3 Å². The predicted molar refractivity (Wildman–Crippen MR) is 111 cm³/mol. The molecule has 0 radical (unpaired) electrons. The second kappa shape index (κ2) is 8.85. The van der Waals surface area contributed by atoms with Gasteiger partial charge in [0.2, 0.25) is 0 Å². The van der Waals surface area contributed by atoms with E-state index in [2.05, 4.69) is 15.5 Å². The number of nitrogens with zero attached hydrogens (tertiary/aromatic N) is 2. The van der Waals surface area contributed by atoms with Crippen molar-refractivity contribution in [3.8, 4) is 0 Å². The van der Waals surface area contributed by atoms with Crippen molar-refractivity contribution >= 4 is 23.3 Å². The van der Waals surface area contributed by atoms with Gasteiger partial charge in [0.1, 0.15) is 11.6 Å². The number of urea groups is 1. The molecule has 1 aliphatic heterocycles. The van der Waals surface area contributed by atoms with E-state index in [1.807, 2.05) is 0 Å². The average molecular weight is 418 g/mol. The molecular formula is C21H27FN4O4. The van der Waals surface area contributed by atoms with Gasteiger partial charge in [0.25, 0.3) is 5.91 Å². The van der Waals surface area contributed by atoms with Gasteiger partial charge in [0.05, 0.1) is 23.1 Å². The fraction of sp³-hybridized carbons (Fsp3) is 0.429. The highest BCUT2D eigenvalue weighted by Gasteiger charge is 2.25. The minimum absolute atomic E-state index is 0.0339. The van der Waals surface area contributed by atoms with Crippen LogP contribution in [0.5, 0.6) is 0 Å². The van der Waals surface area contributed by atoms with Gasteiger partial charge in [0.15, 0.2) is 0 Å². The number of nitrogens with one attached hydrogen (secondary N) is 2. The molecule has 0 atom stereocenters. The first-order valence-electron chi connectivity index (χ1n) is 9.78. The van der Waals surface area contributed by atoms with Gasteiger partial charge in [-0.15, -0.1) is 0 Å². The molecule has 0 spiro atoms. The maximum atomic E-state index is 14.2. The van der Waals surface area contributed by atoms with E-state index >= 15 is 0 Å². The Morgan fingerprint density at radius 1 is 1.17 bits per heavy atom. The summed E-state index contributed by atoms with van der Waals surface area (Å²) in [5.41, 5.74) is -0.130. The third kappa shape index (κ3) is 5.58. The Bertz CT molecular complexity index is 914. The Morgan fingerprint density at radius 2 is 1.87 bits per heavy atom. The number of aryl methyl sites for hydroxylation is 1. The number of anilines is 2. The fourth-order valence-electron chi connectivity index (χ4n) is 3.37. The van der Waals surface area contributed by atoms with Crippen LogP contribution < -0.4 is 10.6 Å². The van der Waals surface area contributed by atoms with Crippen LogP contribution in [0.4, 0.5) is 20.6 Å². The number of furan rings is 1. The van der Waals surface area contributed by atoms with Crippen LogP contribution >= 0.6 is 0 Å². The average Bonchev–Trinajstić information content (AvgIpc) is 3.10. The van der Waals surface area contributed by atoms with Crippen molar-refractivity contribution in [1.29, 1.82) is 0 Å². The lowest BCUT2D eigenvalue weighted by atomic mass is 10.1. The maximum absolute atomic E-state index is 14.2. The Labute approximate surface area is 174 Å². The number of carbonyl (C=O) groups is 2. The number of carbonyl (C=O) groups excluding carboxylic acids is 2. The van der Waals surface area contributed by atoms with Crippen molar-refractivity contribution in [2.24, 2.45) is 0 Å². The number of rotatable bonds is 5. The minimum Gasteiger partial charge on any atom is -0.469 e. The minimum atomic E-state index is -0.783. The summed E-state index contributed by atoms with van der Waals surface area (Å²) < 4.78 is 19.3. The summed E-state index contributed by atoms with van der Waals surface area (Å²) in [5, 5.41) is 15.2. The first kappa shape index (κ1) is 21.8. The molecule has 0 unspecified atom stereocenters. The first-order chi connectivity index (χ1) is 14.1.